The van der Waals surface area contributed by atoms with E-state index in [2.05, 4.69) is 14.9 Å². The van der Waals surface area contributed by atoms with Crippen molar-refractivity contribution in [1.82, 2.24) is 9.97 Å². The fourth-order valence-corrected chi connectivity index (χ4v) is 2.37. The minimum atomic E-state index is -0.239. The zero-order chi connectivity index (χ0) is 13.8. The number of nitrogens with two attached hydrogens (primary N) is 1. The Hall–Kier alpha value is -2.16. The molecule has 6 heteroatoms. The number of hydrogen-bond donors (Lipinski definition) is 1. The number of anilines is 1. The molecule has 6 nitrogen and oxygen atoms in total. The maximum Gasteiger partial charge on any atom is 0.226 e. The highest BCUT2D eigenvalue weighted by Gasteiger charge is 2.22. The second-order valence-electron chi connectivity index (χ2n) is 4.91. The molecule has 0 unspecified atom stereocenters. The lowest BCUT2D eigenvalue weighted by molar-refractivity contribution is -0.119. The molecule has 1 aliphatic rings. The molecule has 2 N–H and O–H groups in total. The highest BCUT2D eigenvalue weighted by atomic mass is 16.1. The summed E-state index contributed by atoms with van der Waals surface area (Å²) in [5, 5.41) is 8.92. The molecule has 19 heavy (non-hydrogen) atoms. The molecule has 0 spiro atoms. The third-order valence-corrected chi connectivity index (χ3v) is 3.34. The molecule has 1 aliphatic heterocycles. The summed E-state index contributed by atoms with van der Waals surface area (Å²) in [7, 11) is 0. The van der Waals surface area contributed by atoms with Crippen LogP contribution >= 0.6 is 0 Å². The van der Waals surface area contributed by atoms with E-state index in [9.17, 15) is 4.79 Å². The van der Waals surface area contributed by atoms with Crippen LogP contribution in [0.4, 0.5) is 5.95 Å². The zero-order valence-corrected chi connectivity index (χ0v) is 11.0. The van der Waals surface area contributed by atoms with Crippen LogP contribution in [0.25, 0.3) is 0 Å². The summed E-state index contributed by atoms with van der Waals surface area (Å²) in [5.74, 6) is 0.722. The minimum Gasteiger partial charge on any atom is -0.370 e. The molecule has 1 aromatic heterocycles. The summed E-state index contributed by atoms with van der Waals surface area (Å²) in [5.41, 5.74) is 6.40. The van der Waals surface area contributed by atoms with Crippen molar-refractivity contribution in [3.63, 3.8) is 0 Å². The summed E-state index contributed by atoms with van der Waals surface area (Å²) in [6, 6.07) is 3.71. The number of nitriles is 1. The van der Waals surface area contributed by atoms with Gasteiger partial charge in [-0.3, -0.25) is 4.79 Å². The van der Waals surface area contributed by atoms with Gasteiger partial charge in [-0.2, -0.15) is 5.26 Å². The van der Waals surface area contributed by atoms with E-state index in [4.69, 9.17) is 11.0 Å². The van der Waals surface area contributed by atoms with Crippen molar-refractivity contribution >= 4 is 11.9 Å². The lowest BCUT2D eigenvalue weighted by atomic mass is 9.93. The largest absolute Gasteiger partial charge is 0.370 e. The SMILES string of the molecule is Cc1cc(C#N)nc(N2CCC(CC(N)=O)CC2)n1. The quantitative estimate of drug-likeness (QED) is 0.864. The van der Waals surface area contributed by atoms with E-state index in [1.165, 1.54) is 0 Å². The van der Waals surface area contributed by atoms with Crippen molar-refractivity contribution in [1.29, 1.82) is 5.26 Å². The molecule has 0 saturated carbocycles. The summed E-state index contributed by atoms with van der Waals surface area (Å²) < 4.78 is 0. The number of hydrogen-bond acceptors (Lipinski definition) is 5. The smallest absolute Gasteiger partial charge is 0.226 e. The molecule has 1 amide bonds. The minimum absolute atomic E-state index is 0.239. The van der Waals surface area contributed by atoms with Gasteiger partial charge in [-0.05, 0) is 31.7 Å². The molecule has 0 radical (unpaired) electrons. The van der Waals surface area contributed by atoms with E-state index in [-0.39, 0.29) is 5.91 Å². The highest BCUT2D eigenvalue weighted by molar-refractivity contribution is 5.74. The van der Waals surface area contributed by atoms with Crippen molar-refractivity contribution in [3.05, 3.63) is 17.5 Å². The number of aryl methyl sites for hydroxylation is 1. The molecule has 2 rings (SSSR count). The fraction of sp³-hybridized carbons (Fsp3) is 0.538. The maximum absolute atomic E-state index is 10.9. The Morgan fingerprint density at radius 3 is 2.79 bits per heavy atom. The number of nitrogens with zero attached hydrogens (tertiary/aromatic N) is 4. The van der Waals surface area contributed by atoms with Gasteiger partial charge in [-0.15, -0.1) is 0 Å². The average Bonchev–Trinajstić information content (AvgIpc) is 2.38. The Morgan fingerprint density at radius 2 is 2.21 bits per heavy atom. The summed E-state index contributed by atoms with van der Waals surface area (Å²) in [6.07, 6.45) is 2.26. The number of piperidine rings is 1. The van der Waals surface area contributed by atoms with Crippen molar-refractivity contribution in [2.45, 2.75) is 26.2 Å². The van der Waals surface area contributed by atoms with Crippen molar-refractivity contribution < 1.29 is 4.79 Å². The number of carbonyl (C=O) groups is 1. The van der Waals surface area contributed by atoms with Gasteiger partial charge in [-0.25, -0.2) is 9.97 Å². The standard InChI is InChI=1S/C13H17N5O/c1-9-6-11(8-14)17-13(16-9)18-4-2-10(3-5-18)7-12(15)19/h6,10H,2-5,7H2,1H3,(H2,15,19). The molecule has 1 fully saturated rings. The molecule has 0 aliphatic carbocycles. The van der Waals surface area contributed by atoms with Crippen LogP contribution in [0.3, 0.4) is 0 Å². The van der Waals surface area contributed by atoms with Gasteiger partial charge in [0.15, 0.2) is 0 Å². The predicted molar refractivity (Wildman–Crippen MR) is 70.2 cm³/mol. The third-order valence-electron chi connectivity index (χ3n) is 3.34. The first-order valence-electron chi connectivity index (χ1n) is 6.37. The van der Waals surface area contributed by atoms with E-state index >= 15 is 0 Å². The first-order chi connectivity index (χ1) is 9.08. The van der Waals surface area contributed by atoms with Crippen molar-refractivity contribution in [2.75, 3.05) is 18.0 Å². The van der Waals surface area contributed by atoms with Gasteiger partial charge in [-0.1, -0.05) is 0 Å². The molecule has 100 valence electrons. The number of aromatic nitrogens is 2. The Bertz CT molecular complexity index is 514. The monoisotopic (exact) mass is 259 g/mol. The molecule has 1 aromatic rings. The van der Waals surface area contributed by atoms with Crippen LogP contribution in [0.1, 0.15) is 30.7 Å². The van der Waals surface area contributed by atoms with Crippen LogP contribution in [0, 0.1) is 24.2 Å². The van der Waals surface area contributed by atoms with Crippen LogP contribution in [-0.2, 0) is 4.79 Å². The van der Waals surface area contributed by atoms with Crippen LogP contribution < -0.4 is 10.6 Å². The van der Waals surface area contributed by atoms with Gasteiger partial charge in [0.05, 0.1) is 0 Å². The summed E-state index contributed by atoms with van der Waals surface area (Å²) in [6.45, 7) is 3.45. The lowest BCUT2D eigenvalue weighted by Crippen LogP contribution is -2.36. The first kappa shape index (κ1) is 13.3. The Morgan fingerprint density at radius 1 is 1.53 bits per heavy atom. The van der Waals surface area contributed by atoms with Gasteiger partial charge in [0.1, 0.15) is 11.8 Å². The second-order valence-corrected chi connectivity index (χ2v) is 4.91. The third kappa shape index (κ3) is 3.41. The van der Waals surface area contributed by atoms with Gasteiger partial charge in [0.25, 0.3) is 0 Å². The molecule has 2 heterocycles. The van der Waals surface area contributed by atoms with Gasteiger partial charge >= 0.3 is 0 Å². The van der Waals surface area contributed by atoms with Gasteiger partial charge < -0.3 is 10.6 Å². The Kier molecular flexibility index (Phi) is 3.95. The average molecular weight is 259 g/mol. The molecule has 0 bridgehead atoms. The Balaban J connectivity index is 2.03. The van der Waals surface area contributed by atoms with Crippen molar-refractivity contribution in [3.8, 4) is 6.07 Å². The van der Waals surface area contributed by atoms with E-state index in [0.29, 0.717) is 24.0 Å². The molecular weight excluding hydrogens is 242 g/mol. The topological polar surface area (TPSA) is 95.9 Å². The van der Waals surface area contributed by atoms with Crippen LogP contribution in [0.5, 0.6) is 0 Å². The van der Waals surface area contributed by atoms with Gasteiger partial charge in [0, 0.05) is 25.2 Å². The number of carbonyl (C=O) groups excluding carboxylic acids is 1. The normalized spacial score (nSPS) is 16.1. The maximum atomic E-state index is 10.9. The molecule has 1 saturated heterocycles. The molecule has 0 atom stereocenters. The number of primary amides is 1. The highest BCUT2D eigenvalue weighted by Crippen LogP contribution is 2.23. The van der Waals surface area contributed by atoms with E-state index in [1.807, 2.05) is 13.0 Å². The van der Waals surface area contributed by atoms with E-state index < -0.39 is 0 Å². The van der Waals surface area contributed by atoms with Gasteiger partial charge in [0.2, 0.25) is 11.9 Å². The lowest BCUT2D eigenvalue weighted by Gasteiger charge is -2.31. The van der Waals surface area contributed by atoms with E-state index in [1.54, 1.807) is 6.07 Å². The second kappa shape index (κ2) is 5.65. The summed E-state index contributed by atoms with van der Waals surface area (Å²) in [4.78, 5) is 21.5. The predicted octanol–water partition coefficient (Wildman–Crippen LogP) is 0.749. The first-order valence-corrected chi connectivity index (χ1v) is 6.37. The Labute approximate surface area is 112 Å². The zero-order valence-electron chi connectivity index (χ0n) is 11.0. The van der Waals surface area contributed by atoms with Crippen LogP contribution in [-0.4, -0.2) is 29.0 Å². The fourth-order valence-electron chi connectivity index (χ4n) is 2.37. The van der Waals surface area contributed by atoms with Crippen molar-refractivity contribution in [2.24, 2.45) is 11.7 Å². The molecular formula is C13H17N5O. The van der Waals surface area contributed by atoms with Crippen LogP contribution in [0.2, 0.25) is 0 Å². The molecule has 0 aromatic carbocycles. The summed E-state index contributed by atoms with van der Waals surface area (Å²) >= 11 is 0. The van der Waals surface area contributed by atoms with Crippen LogP contribution in [0.15, 0.2) is 6.07 Å². The van der Waals surface area contributed by atoms with E-state index in [0.717, 1.165) is 31.6 Å². The number of rotatable bonds is 3. The number of amides is 1.